The van der Waals surface area contributed by atoms with Gasteiger partial charge in [0.25, 0.3) is 5.91 Å². The third kappa shape index (κ3) is 5.98. The van der Waals surface area contributed by atoms with Crippen LogP contribution in [0.4, 0.5) is 4.39 Å². The number of amides is 4. The molecule has 0 bridgehead atoms. The van der Waals surface area contributed by atoms with Crippen molar-refractivity contribution in [1.82, 2.24) is 20.9 Å². The van der Waals surface area contributed by atoms with Gasteiger partial charge in [-0.05, 0) is 51.2 Å². The minimum Gasteiger partial charge on any atom is -0.494 e. The number of aromatic amines is 1. The number of fused-ring (bicyclic) bond motifs is 1. The van der Waals surface area contributed by atoms with Crippen LogP contribution in [0.2, 0.25) is 5.02 Å². The topological polar surface area (TPSA) is 155 Å². The lowest BCUT2D eigenvalue weighted by Gasteiger charge is -2.23. The molecular formula is C25H31ClFN5O5. The molecule has 1 saturated carbocycles. The smallest absolute Gasteiger partial charge is 0.268 e. The van der Waals surface area contributed by atoms with E-state index in [1.807, 2.05) is 13.8 Å². The van der Waals surface area contributed by atoms with Crippen molar-refractivity contribution in [2.24, 2.45) is 17.6 Å². The number of H-pyrrole nitrogens is 1. The fourth-order valence-corrected chi connectivity index (χ4v) is 5.15. The van der Waals surface area contributed by atoms with Gasteiger partial charge in [-0.3, -0.25) is 19.2 Å². The quantitative estimate of drug-likeness (QED) is 0.315. The van der Waals surface area contributed by atoms with Crippen LogP contribution < -0.4 is 26.4 Å². The Balaban J connectivity index is 1.50. The summed E-state index contributed by atoms with van der Waals surface area (Å²) in [6.07, 6.45) is 2.76. The Bertz CT molecular complexity index is 1260. The van der Waals surface area contributed by atoms with Crippen molar-refractivity contribution >= 4 is 46.1 Å². The molecule has 1 aliphatic carbocycles. The van der Waals surface area contributed by atoms with Crippen LogP contribution in [-0.2, 0) is 14.4 Å². The number of carbonyl (C=O) groups is 4. The van der Waals surface area contributed by atoms with Crippen LogP contribution in [0.1, 0.15) is 56.4 Å². The molecule has 6 N–H and O–H groups in total. The van der Waals surface area contributed by atoms with Gasteiger partial charge < -0.3 is 31.4 Å². The monoisotopic (exact) mass is 535 g/mol. The molecule has 2 heterocycles. The average molecular weight is 536 g/mol. The average Bonchev–Trinajstić information content (AvgIpc) is 3.43. The molecule has 0 spiro atoms. The maximum absolute atomic E-state index is 14.4. The number of carbonyl (C=O) groups excluding carboxylic acids is 4. The molecule has 1 aromatic carbocycles. The van der Waals surface area contributed by atoms with Gasteiger partial charge in [-0.25, -0.2) is 4.39 Å². The Morgan fingerprint density at radius 1 is 1.22 bits per heavy atom. The van der Waals surface area contributed by atoms with Gasteiger partial charge in [0, 0.05) is 16.8 Å². The zero-order valence-electron chi connectivity index (χ0n) is 20.9. The number of methoxy groups -OCH3 is 1. The van der Waals surface area contributed by atoms with E-state index in [1.54, 1.807) is 0 Å². The van der Waals surface area contributed by atoms with Gasteiger partial charge in [0.05, 0.1) is 17.6 Å². The highest BCUT2D eigenvalue weighted by atomic mass is 35.5. The first kappa shape index (κ1) is 26.7. The van der Waals surface area contributed by atoms with E-state index < -0.39 is 47.1 Å². The van der Waals surface area contributed by atoms with E-state index in [0.717, 1.165) is 18.9 Å². The first-order chi connectivity index (χ1) is 17.4. The fourth-order valence-electron chi connectivity index (χ4n) is 4.87. The van der Waals surface area contributed by atoms with Crippen LogP contribution in [0.5, 0.6) is 5.75 Å². The molecule has 4 amide bonds. The number of primary amides is 1. The predicted molar refractivity (Wildman–Crippen MR) is 134 cm³/mol. The number of ether oxygens (including phenoxy) is 1. The summed E-state index contributed by atoms with van der Waals surface area (Å²) in [5.41, 5.74) is 5.18. The minimum atomic E-state index is -1.08. The fraction of sp³-hybridized carbons (Fsp3) is 0.520. The molecule has 2 aliphatic rings. The summed E-state index contributed by atoms with van der Waals surface area (Å²) < 4.78 is 19.7. The van der Waals surface area contributed by atoms with Crippen LogP contribution in [0.15, 0.2) is 12.1 Å². The molecule has 4 rings (SSSR count). The number of benzene rings is 1. The lowest BCUT2D eigenvalue weighted by Crippen LogP contribution is -2.53. The molecule has 2 fully saturated rings. The van der Waals surface area contributed by atoms with Crippen LogP contribution in [0.25, 0.3) is 10.9 Å². The van der Waals surface area contributed by atoms with E-state index in [1.165, 1.54) is 13.2 Å². The van der Waals surface area contributed by atoms with Gasteiger partial charge in [0.2, 0.25) is 17.7 Å². The van der Waals surface area contributed by atoms with Crippen molar-refractivity contribution in [2.75, 3.05) is 7.11 Å². The molecule has 1 saturated heterocycles. The molecule has 3 atom stereocenters. The minimum absolute atomic E-state index is 0.0133. The SMILES string of the molecule is COc1c(Cl)cc(F)c2[nH]c(C(=O)NC(CC3CC3)C(=O)NC(C[C@@H]3CC(C)(C)NC3=O)C(N)=O)cc12. The molecule has 2 unspecified atom stereocenters. The summed E-state index contributed by atoms with van der Waals surface area (Å²) in [5, 5.41) is 8.52. The highest BCUT2D eigenvalue weighted by Crippen LogP contribution is 2.36. The van der Waals surface area contributed by atoms with E-state index in [0.29, 0.717) is 12.8 Å². The van der Waals surface area contributed by atoms with Crippen LogP contribution in [0, 0.1) is 17.7 Å². The molecule has 0 radical (unpaired) electrons. The van der Waals surface area contributed by atoms with Gasteiger partial charge in [-0.1, -0.05) is 24.4 Å². The molecule has 200 valence electrons. The molecule has 37 heavy (non-hydrogen) atoms. The van der Waals surface area contributed by atoms with Crippen molar-refractivity contribution < 1.29 is 28.3 Å². The summed E-state index contributed by atoms with van der Waals surface area (Å²) >= 11 is 6.05. The third-order valence-electron chi connectivity index (χ3n) is 6.88. The Labute approximate surface area is 218 Å². The summed E-state index contributed by atoms with van der Waals surface area (Å²) in [4.78, 5) is 53.4. The molecule has 10 nitrogen and oxygen atoms in total. The van der Waals surface area contributed by atoms with Crippen LogP contribution in [-0.4, -0.2) is 53.3 Å². The van der Waals surface area contributed by atoms with Crippen LogP contribution in [0.3, 0.4) is 0 Å². The molecule has 12 heteroatoms. The van der Waals surface area contributed by atoms with E-state index in [2.05, 4.69) is 20.9 Å². The Morgan fingerprint density at radius 3 is 2.49 bits per heavy atom. The number of halogens is 2. The lowest BCUT2D eigenvalue weighted by molar-refractivity contribution is -0.130. The van der Waals surface area contributed by atoms with Gasteiger partial charge >= 0.3 is 0 Å². The normalized spacial score (nSPS) is 20.2. The molecular weight excluding hydrogens is 505 g/mol. The van der Waals surface area contributed by atoms with Gasteiger partial charge in [0.1, 0.15) is 29.3 Å². The first-order valence-electron chi connectivity index (χ1n) is 12.2. The van der Waals surface area contributed by atoms with E-state index >= 15 is 0 Å². The van der Waals surface area contributed by atoms with Crippen molar-refractivity contribution in [3.63, 3.8) is 0 Å². The van der Waals surface area contributed by atoms with E-state index in [4.69, 9.17) is 22.1 Å². The Kier molecular flexibility index (Phi) is 7.36. The number of rotatable bonds is 10. The standard InChI is InChI=1S/C25H31ClFN5O5/c1-25(2)10-12(22(34)32-25)7-16(21(28)33)30-23(35)17(6-11-4-5-11)31-24(36)18-8-13-19(29-18)15(27)9-14(26)20(13)37-3/h8-9,11-12,16-17,29H,4-7,10H2,1-3H3,(H2,28,33)(H,30,35)(H,31,36)(H,32,34)/t12-,16?,17?/m1/s1. The highest BCUT2D eigenvalue weighted by Gasteiger charge is 2.40. The first-order valence-corrected chi connectivity index (χ1v) is 12.5. The van der Waals surface area contributed by atoms with E-state index in [-0.39, 0.29) is 45.6 Å². The summed E-state index contributed by atoms with van der Waals surface area (Å²) in [6, 6.07) is 0.443. The van der Waals surface area contributed by atoms with Crippen LogP contribution >= 0.6 is 11.6 Å². The zero-order chi connectivity index (χ0) is 27.1. The second-order valence-electron chi connectivity index (χ2n) is 10.5. The van der Waals surface area contributed by atoms with Gasteiger partial charge in [-0.15, -0.1) is 0 Å². The summed E-state index contributed by atoms with van der Waals surface area (Å²) in [5.74, 6) is -2.85. The number of nitrogens with one attached hydrogen (secondary N) is 4. The largest absolute Gasteiger partial charge is 0.494 e. The zero-order valence-corrected chi connectivity index (χ0v) is 21.6. The second-order valence-corrected chi connectivity index (χ2v) is 10.9. The molecule has 1 aromatic heterocycles. The van der Waals surface area contributed by atoms with Gasteiger partial charge in [0.15, 0.2) is 0 Å². The number of hydrogen-bond acceptors (Lipinski definition) is 5. The molecule has 2 aromatic rings. The van der Waals surface area contributed by atoms with E-state index in [9.17, 15) is 23.6 Å². The van der Waals surface area contributed by atoms with Gasteiger partial charge in [-0.2, -0.15) is 0 Å². The van der Waals surface area contributed by atoms with Crippen molar-refractivity contribution in [3.8, 4) is 5.75 Å². The number of aromatic nitrogens is 1. The van der Waals surface area contributed by atoms with Crippen molar-refractivity contribution in [2.45, 2.75) is 63.6 Å². The predicted octanol–water partition coefficient (Wildman–Crippen LogP) is 2.14. The highest BCUT2D eigenvalue weighted by molar-refractivity contribution is 6.33. The Morgan fingerprint density at radius 2 is 1.92 bits per heavy atom. The molecule has 1 aliphatic heterocycles. The summed E-state index contributed by atoms with van der Waals surface area (Å²) in [7, 11) is 1.38. The third-order valence-corrected chi connectivity index (χ3v) is 7.16. The second kappa shape index (κ2) is 10.2. The maximum Gasteiger partial charge on any atom is 0.268 e. The summed E-state index contributed by atoms with van der Waals surface area (Å²) in [6.45, 7) is 3.76. The lowest BCUT2D eigenvalue weighted by atomic mass is 9.91. The maximum atomic E-state index is 14.4. The number of nitrogens with two attached hydrogens (primary N) is 1. The Hall–Kier alpha value is -3.34. The van der Waals surface area contributed by atoms with Crippen molar-refractivity contribution in [3.05, 3.63) is 28.7 Å². The number of hydrogen-bond donors (Lipinski definition) is 5. The van der Waals surface area contributed by atoms with Crippen molar-refractivity contribution in [1.29, 1.82) is 0 Å².